The monoisotopic (exact) mass is 262 g/mol. The third-order valence-corrected chi connectivity index (χ3v) is 3.41. The Kier molecular flexibility index (Phi) is 2.59. The van der Waals surface area contributed by atoms with E-state index in [1.54, 1.807) is 42.5 Å². The highest BCUT2D eigenvalue weighted by molar-refractivity contribution is 6.13. The third kappa shape index (κ3) is 1.46. The summed E-state index contributed by atoms with van der Waals surface area (Å²) in [7, 11) is 0. The van der Waals surface area contributed by atoms with Gasteiger partial charge in [-0.15, -0.1) is 0 Å². The quantitative estimate of drug-likeness (QED) is 0.675. The number of benzene rings is 2. The van der Waals surface area contributed by atoms with Crippen LogP contribution in [0.5, 0.6) is 0 Å². The lowest BCUT2D eigenvalue weighted by Gasteiger charge is -2.01. The van der Waals surface area contributed by atoms with E-state index in [2.05, 4.69) is 0 Å². The molecule has 0 bridgehead atoms. The second-order valence-electron chi connectivity index (χ2n) is 4.48. The molecule has 3 rings (SSSR count). The number of hydrogen-bond donors (Lipinski definition) is 0. The lowest BCUT2D eigenvalue weighted by molar-refractivity contribution is 0.486. The molecule has 0 saturated carbocycles. The van der Waals surface area contributed by atoms with Crippen LogP contribution in [0.2, 0.25) is 0 Å². The van der Waals surface area contributed by atoms with Crippen LogP contribution >= 0.6 is 0 Å². The summed E-state index contributed by atoms with van der Waals surface area (Å²) in [6.45, 7) is -0.664. The van der Waals surface area contributed by atoms with Crippen molar-refractivity contribution in [3.05, 3.63) is 51.3 Å². The molecule has 0 amide bonds. The predicted molar refractivity (Wildman–Crippen MR) is 73.6 cm³/mol. The number of nitriles is 2. The molecule has 4 heteroatoms. The van der Waals surface area contributed by atoms with Crippen molar-refractivity contribution in [1.82, 2.24) is 0 Å². The Labute approximate surface area is 113 Å². The number of nitrogens with zero attached hydrogens (tertiary/aromatic N) is 2. The number of alkyl halides is 1. The van der Waals surface area contributed by atoms with Gasteiger partial charge in [0.2, 0.25) is 0 Å². The van der Waals surface area contributed by atoms with E-state index in [1.807, 2.05) is 0 Å². The van der Waals surface area contributed by atoms with Crippen molar-refractivity contribution in [2.75, 3.05) is 0 Å². The fourth-order valence-corrected chi connectivity index (χ4v) is 2.60. The molecule has 0 N–H and O–H groups in total. The molecule has 3 nitrogen and oxygen atoms in total. The van der Waals surface area contributed by atoms with Crippen molar-refractivity contribution in [2.45, 2.75) is 6.67 Å². The molecule has 0 fully saturated rings. The molecule has 0 aliphatic rings. The first-order valence-corrected chi connectivity index (χ1v) is 5.92. The maximum atomic E-state index is 12.9. The highest BCUT2D eigenvalue weighted by Gasteiger charge is 2.15. The van der Waals surface area contributed by atoms with Crippen molar-refractivity contribution in [1.29, 1.82) is 10.5 Å². The van der Waals surface area contributed by atoms with Crippen LogP contribution < -0.4 is 10.6 Å². The van der Waals surface area contributed by atoms with Gasteiger partial charge in [-0.05, 0) is 28.5 Å². The first kappa shape index (κ1) is 12.1. The molecule has 0 aliphatic carbocycles. The van der Waals surface area contributed by atoms with Crippen LogP contribution in [0.25, 0.3) is 27.1 Å². The highest BCUT2D eigenvalue weighted by Crippen LogP contribution is 2.25. The average Bonchev–Trinajstić information content (AvgIpc) is 2.76. The number of rotatable bonds is 1. The summed E-state index contributed by atoms with van der Waals surface area (Å²) >= 11 is 0. The molecule has 0 heterocycles. The van der Waals surface area contributed by atoms with Gasteiger partial charge in [-0.3, -0.25) is 4.79 Å². The first-order chi connectivity index (χ1) is 9.71. The van der Waals surface area contributed by atoms with Crippen molar-refractivity contribution in [3.63, 3.8) is 0 Å². The number of hydrogen-bond acceptors (Lipinski definition) is 3. The minimum absolute atomic E-state index is 0.0801. The summed E-state index contributed by atoms with van der Waals surface area (Å²) in [4.78, 5) is 12.4. The van der Waals surface area contributed by atoms with Crippen molar-refractivity contribution < 1.29 is 4.39 Å². The summed E-state index contributed by atoms with van der Waals surface area (Å²) < 4.78 is 12.9. The van der Waals surface area contributed by atoms with Crippen molar-refractivity contribution in [2.24, 2.45) is 0 Å². The van der Waals surface area contributed by atoms with Gasteiger partial charge in [-0.1, -0.05) is 18.2 Å². The molecule has 0 aromatic heterocycles. The fourth-order valence-electron chi connectivity index (χ4n) is 2.60. The van der Waals surface area contributed by atoms with Gasteiger partial charge in [0, 0.05) is 10.8 Å². The van der Waals surface area contributed by atoms with Gasteiger partial charge in [0.25, 0.3) is 0 Å². The van der Waals surface area contributed by atoms with Crippen LogP contribution in [0, 0.1) is 22.7 Å². The molecule has 0 saturated heterocycles. The van der Waals surface area contributed by atoms with E-state index in [-0.39, 0.29) is 16.2 Å². The molecule has 3 aromatic rings. The SMILES string of the molecule is N#CC(C#N)=c1c(=O)c2cccc3cc(CF)cc1c32. The van der Waals surface area contributed by atoms with Gasteiger partial charge in [0.05, 0.1) is 5.22 Å². The van der Waals surface area contributed by atoms with Gasteiger partial charge >= 0.3 is 0 Å². The van der Waals surface area contributed by atoms with Crippen molar-refractivity contribution >= 4 is 27.1 Å². The van der Waals surface area contributed by atoms with Crippen LogP contribution in [-0.2, 0) is 6.67 Å². The van der Waals surface area contributed by atoms with Crippen LogP contribution in [-0.4, -0.2) is 0 Å². The van der Waals surface area contributed by atoms with E-state index in [4.69, 9.17) is 10.5 Å². The Morgan fingerprint density at radius 1 is 1.15 bits per heavy atom. The Balaban J connectivity index is 2.76. The Bertz CT molecular complexity index is 1010. The largest absolute Gasteiger partial charge is 0.288 e. The van der Waals surface area contributed by atoms with E-state index in [0.29, 0.717) is 21.7 Å². The van der Waals surface area contributed by atoms with E-state index in [0.717, 1.165) is 5.39 Å². The average molecular weight is 262 g/mol. The number of halogens is 1. The maximum Gasteiger partial charge on any atom is 0.196 e. The molecule has 0 radical (unpaired) electrons. The summed E-state index contributed by atoms with van der Waals surface area (Å²) in [6, 6.07) is 11.9. The minimum Gasteiger partial charge on any atom is -0.288 e. The topological polar surface area (TPSA) is 64.7 Å². The minimum atomic E-state index is -0.664. The van der Waals surface area contributed by atoms with Gasteiger partial charge in [-0.2, -0.15) is 10.5 Å². The van der Waals surface area contributed by atoms with Gasteiger partial charge in [0.15, 0.2) is 5.43 Å². The van der Waals surface area contributed by atoms with Gasteiger partial charge in [0.1, 0.15) is 24.4 Å². The molecule has 20 heavy (non-hydrogen) atoms. The third-order valence-electron chi connectivity index (χ3n) is 3.41. The second kappa shape index (κ2) is 4.29. The summed E-state index contributed by atoms with van der Waals surface area (Å²) in [5.74, 6) is 0. The Hall–Kier alpha value is -2.98. The zero-order valence-corrected chi connectivity index (χ0v) is 10.3. The Morgan fingerprint density at radius 2 is 1.90 bits per heavy atom. The fraction of sp³-hybridized carbons (Fsp3) is 0.0625. The van der Waals surface area contributed by atoms with E-state index >= 15 is 0 Å². The van der Waals surface area contributed by atoms with Gasteiger partial charge < -0.3 is 0 Å². The predicted octanol–water partition coefficient (Wildman–Crippen LogP) is 2.18. The summed E-state index contributed by atoms with van der Waals surface area (Å²) in [5, 5.41) is 20.5. The molecule has 0 aliphatic heterocycles. The first-order valence-electron chi connectivity index (χ1n) is 5.92. The normalized spacial score (nSPS) is 10.6. The molecule has 94 valence electrons. The standard InChI is InChI=1S/C16H7FN2O/c17-6-9-4-10-2-1-3-12-14(10)13(5-9)15(16(12)20)11(7-18)8-19/h1-5H,6H2. The zero-order valence-electron chi connectivity index (χ0n) is 10.3. The van der Waals surface area contributed by atoms with E-state index < -0.39 is 6.67 Å². The zero-order chi connectivity index (χ0) is 14.3. The molecule has 0 unspecified atom stereocenters. The molecule has 0 atom stereocenters. The maximum absolute atomic E-state index is 12.9. The molecule has 0 spiro atoms. The summed E-state index contributed by atoms with van der Waals surface area (Å²) in [6.07, 6.45) is 0. The Morgan fingerprint density at radius 3 is 2.55 bits per heavy atom. The van der Waals surface area contributed by atoms with Gasteiger partial charge in [-0.25, -0.2) is 4.39 Å². The molecular weight excluding hydrogens is 255 g/mol. The lowest BCUT2D eigenvalue weighted by Crippen LogP contribution is -2.21. The van der Waals surface area contributed by atoms with E-state index in [1.165, 1.54) is 0 Å². The molecular formula is C16H7FN2O. The van der Waals surface area contributed by atoms with Crippen molar-refractivity contribution in [3.8, 4) is 12.1 Å². The summed E-state index contributed by atoms with van der Waals surface area (Å²) in [5.41, 5.74) is -0.157. The highest BCUT2D eigenvalue weighted by atomic mass is 19.1. The second-order valence-corrected chi connectivity index (χ2v) is 4.48. The lowest BCUT2D eigenvalue weighted by atomic mass is 10.0. The molecule has 3 aromatic carbocycles. The van der Waals surface area contributed by atoms with E-state index in [9.17, 15) is 9.18 Å². The van der Waals surface area contributed by atoms with Crippen LogP contribution in [0.15, 0.2) is 35.1 Å². The van der Waals surface area contributed by atoms with Crippen LogP contribution in [0.3, 0.4) is 0 Å². The van der Waals surface area contributed by atoms with Crippen LogP contribution in [0.4, 0.5) is 4.39 Å². The smallest absolute Gasteiger partial charge is 0.196 e. The van der Waals surface area contributed by atoms with Crippen LogP contribution in [0.1, 0.15) is 5.56 Å².